The van der Waals surface area contributed by atoms with E-state index in [1.54, 1.807) is 61.7 Å². The highest BCUT2D eigenvalue weighted by Crippen LogP contribution is 2.25. The lowest BCUT2D eigenvalue weighted by molar-refractivity contribution is 0.414. The molecule has 1 heterocycles. The molecule has 3 N–H and O–H groups in total. The molecule has 0 aliphatic rings. The number of nitrogens with two attached hydrogens (primary N) is 1. The molecule has 8 nitrogen and oxygen atoms in total. The monoisotopic (exact) mass is 499 g/mol. The van der Waals surface area contributed by atoms with Crippen molar-refractivity contribution in [1.82, 2.24) is 4.57 Å². The largest absolute Gasteiger partial charge is 0.497 e. The number of nitrogens with one attached hydrogen (secondary N) is 1. The third-order valence-electron chi connectivity index (χ3n) is 4.77. The Hall–Kier alpha value is -3.60. The predicted octanol–water partition coefficient (Wildman–Crippen LogP) is 3.93. The van der Waals surface area contributed by atoms with E-state index in [-0.39, 0.29) is 9.79 Å². The van der Waals surface area contributed by atoms with E-state index in [0.29, 0.717) is 5.82 Å². The van der Waals surface area contributed by atoms with E-state index >= 15 is 0 Å². The fraction of sp³-hybridized carbons (Fsp3) is 0.0833. The molecule has 0 fully saturated rings. The first-order valence-electron chi connectivity index (χ1n) is 10.1. The van der Waals surface area contributed by atoms with Gasteiger partial charge < -0.3 is 9.30 Å². The molecule has 0 spiro atoms. The van der Waals surface area contributed by atoms with Gasteiger partial charge in [-0.25, -0.2) is 22.0 Å². The zero-order valence-corrected chi connectivity index (χ0v) is 20.3. The lowest BCUT2D eigenvalue weighted by Gasteiger charge is -2.14. The second-order valence-corrected chi connectivity index (χ2v) is 10.4. The summed E-state index contributed by atoms with van der Waals surface area (Å²) in [5.74, 6) is 1.23. The van der Waals surface area contributed by atoms with Crippen molar-refractivity contribution in [2.45, 2.75) is 16.7 Å². The van der Waals surface area contributed by atoms with Crippen LogP contribution in [0, 0.1) is 6.92 Å². The van der Waals surface area contributed by atoms with Crippen LogP contribution >= 0.6 is 0 Å². The maximum Gasteiger partial charge on any atom is 0.263 e. The minimum absolute atomic E-state index is 0.148. The molecule has 0 radical (unpaired) electrons. The zero-order chi connectivity index (χ0) is 24.8. The number of aromatic nitrogens is 1. The zero-order valence-electron chi connectivity index (χ0n) is 18.6. The number of hydrogen-bond acceptors (Lipinski definition) is 5. The van der Waals surface area contributed by atoms with Gasteiger partial charge in [-0.2, -0.15) is 0 Å². The Balaban J connectivity index is 0.000000271. The van der Waals surface area contributed by atoms with Crippen molar-refractivity contribution in [1.29, 1.82) is 0 Å². The van der Waals surface area contributed by atoms with Gasteiger partial charge in [0.25, 0.3) is 10.0 Å². The molecule has 0 bridgehead atoms. The lowest BCUT2D eigenvalue weighted by atomic mass is 10.3. The van der Waals surface area contributed by atoms with E-state index < -0.39 is 20.0 Å². The van der Waals surface area contributed by atoms with Crippen molar-refractivity contribution in [2.24, 2.45) is 5.14 Å². The molecule has 0 amide bonds. The molecule has 10 heteroatoms. The second-order valence-electron chi connectivity index (χ2n) is 7.17. The molecule has 1 aromatic heterocycles. The Morgan fingerprint density at radius 1 is 0.735 bits per heavy atom. The number of nitrogens with zero attached hydrogens (tertiary/aromatic N) is 1. The Bertz CT molecular complexity index is 1430. The first kappa shape index (κ1) is 25.0. The Labute approximate surface area is 199 Å². The first-order valence-corrected chi connectivity index (χ1v) is 13.1. The normalized spacial score (nSPS) is 11.3. The smallest absolute Gasteiger partial charge is 0.263 e. The van der Waals surface area contributed by atoms with Gasteiger partial charge in [0, 0.05) is 11.4 Å². The molecule has 0 atom stereocenters. The summed E-state index contributed by atoms with van der Waals surface area (Å²) in [5, 5.41) is 4.83. The highest BCUT2D eigenvalue weighted by molar-refractivity contribution is 7.92. The van der Waals surface area contributed by atoms with E-state index in [0.717, 1.165) is 17.1 Å². The van der Waals surface area contributed by atoms with Gasteiger partial charge in [0.2, 0.25) is 10.0 Å². The van der Waals surface area contributed by atoms with Gasteiger partial charge in [-0.15, -0.1) is 0 Å². The van der Waals surface area contributed by atoms with Crippen LogP contribution in [0.4, 0.5) is 5.82 Å². The summed E-state index contributed by atoms with van der Waals surface area (Å²) >= 11 is 0. The Kier molecular flexibility index (Phi) is 7.77. The first-order chi connectivity index (χ1) is 16.1. The summed E-state index contributed by atoms with van der Waals surface area (Å²) < 4.78 is 56.0. The molecule has 3 aromatic carbocycles. The van der Waals surface area contributed by atoms with E-state index in [1.165, 1.54) is 12.1 Å². The van der Waals surface area contributed by atoms with Crippen LogP contribution in [0.5, 0.6) is 5.75 Å². The Morgan fingerprint density at radius 2 is 1.26 bits per heavy atom. The summed E-state index contributed by atoms with van der Waals surface area (Å²) in [6.45, 7) is 1.92. The number of primary sulfonamides is 1. The van der Waals surface area contributed by atoms with Crippen LogP contribution in [0.15, 0.2) is 107 Å². The van der Waals surface area contributed by atoms with E-state index in [4.69, 9.17) is 9.88 Å². The van der Waals surface area contributed by atoms with Crippen molar-refractivity contribution in [3.05, 3.63) is 103 Å². The number of sulfonamides is 2. The molecule has 0 saturated carbocycles. The molecule has 34 heavy (non-hydrogen) atoms. The molecule has 0 unspecified atom stereocenters. The summed E-state index contributed by atoms with van der Waals surface area (Å²) in [6, 6.07) is 27.2. The number of ether oxygens (including phenoxy) is 1. The number of hydrogen-bond donors (Lipinski definition) is 2. The van der Waals surface area contributed by atoms with Crippen LogP contribution in [0.2, 0.25) is 0 Å². The Morgan fingerprint density at radius 3 is 1.74 bits per heavy atom. The van der Waals surface area contributed by atoms with Crippen molar-refractivity contribution in [2.75, 3.05) is 11.8 Å². The molecule has 4 aromatic rings. The standard InChI is InChI=1S/C18H18N2O3S.C6H7NO2S/c1-14-8-13-18(19-24(21,22)17-6-4-3-5-7-17)20(14)15-9-11-16(23-2)12-10-15;7-10(8,9)6-4-2-1-3-5-6/h3-13,19H,1-2H3;1-5H,(H2,7,8,9). The van der Waals surface area contributed by atoms with Gasteiger partial charge in [0.1, 0.15) is 11.6 Å². The van der Waals surface area contributed by atoms with Gasteiger partial charge in [-0.05, 0) is 67.6 Å². The number of anilines is 1. The summed E-state index contributed by atoms with van der Waals surface area (Å²) in [5.41, 5.74) is 1.77. The summed E-state index contributed by atoms with van der Waals surface area (Å²) in [4.78, 5) is 0.375. The molecular weight excluding hydrogens is 474 g/mol. The summed E-state index contributed by atoms with van der Waals surface area (Å²) in [6.07, 6.45) is 0. The van der Waals surface area contributed by atoms with Crippen LogP contribution in [0.3, 0.4) is 0 Å². The van der Waals surface area contributed by atoms with E-state index in [9.17, 15) is 16.8 Å². The third-order valence-corrected chi connectivity index (χ3v) is 7.07. The maximum atomic E-state index is 12.6. The topological polar surface area (TPSA) is 120 Å². The average molecular weight is 500 g/mol. The van der Waals surface area contributed by atoms with Crippen molar-refractivity contribution < 1.29 is 21.6 Å². The fourth-order valence-electron chi connectivity index (χ4n) is 3.10. The summed E-state index contributed by atoms with van der Waals surface area (Å²) in [7, 11) is -5.54. The number of methoxy groups -OCH3 is 1. The van der Waals surface area contributed by atoms with Crippen molar-refractivity contribution in [3.8, 4) is 11.4 Å². The molecule has 178 valence electrons. The second kappa shape index (κ2) is 10.6. The third kappa shape index (κ3) is 6.25. The lowest BCUT2D eigenvalue weighted by Crippen LogP contribution is -2.15. The van der Waals surface area contributed by atoms with Crippen LogP contribution in [-0.2, 0) is 20.0 Å². The highest BCUT2D eigenvalue weighted by atomic mass is 32.2. The van der Waals surface area contributed by atoms with E-state index in [2.05, 4.69) is 4.72 Å². The fourth-order valence-corrected chi connectivity index (χ4v) is 4.70. The van der Waals surface area contributed by atoms with Gasteiger partial charge >= 0.3 is 0 Å². The van der Waals surface area contributed by atoms with Crippen LogP contribution in [0.25, 0.3) is 5.69 Å². The average Bonchev–Trinajstić information content (AvgIpc) is 3.19. The number of rotatable bonds is 6. The maximum absolute atomic E-state index is 12.6. The number of aryl methyl sites for hydroxylation is 1. The van der Waals surface area contributed by atoms with Gasteiger partial charge in [0.15, 0.2) is 0 Å². The predicted molar refractivity (Wildman–Crippen MR) is 132 cm³/mol. The van der Waals surface area contributed by atoms with Gasteiger partial charge in [-0.3, -0.25) is 4.72 Å². The minimum Gasteiger partial charge on any atom is -0.497 e. The quantitative estimate of drug-likeness (QED) is 0.416. The minimum atomic E-state index is -3.64. The van der Waals surface area contributed by atoms with Gasteiger partial charge in [-0.1, -0.05) is 36.4 Å². The van der Waals surface area contributed by atoms with Crippen molar-refractivity contribution >= 4 is 25.9 Å². The van der Waals surface area contributed by atoms with Crippen LogP contribution in [0.1, 0.15) is 5.69 Å². The highest BCUT2D eigenvalue weighted by Gasteiger charge is 2.17. The van der Waals surface area contributed by atoms with Crippen LogP contribution < -0.4 is 14.6 Å². The SMILES string of the molecule is COc1ccc(-n2c(C)ccc2NS(=O)(=O)c2ccccc2)cc1.NS(=O)(=O)c1ccccc1. The molecule has 0 aliphatic heterocycles. The van der Waals surface area contributed by atoms with Gasteiger partial charge in [0.05, 0.1) is 16.9 Å². The molecule has 4 rings (SSSR count). The molecular formula is C24H25N3O5S2. The molecule has 0 aliphatic carbocycles. The van der Waals surface area contributed by atoms with Crippen molar-refractivity contribution in [3.63, 3.8) is 0 Å². The van der Waals surface area contributed by atoms with E-state index in [1.807, 2.05) is 41.8 Å². The van der Waals surface area contributed by atoms with Crippen LogP contribution in [-0.4, -0.2) is 28.5 Å². The molecule has 0 saturated heterocycles. The number of benzene rings is 3.